The summed E-state index contributed by atoms with van der Waals surface area (Å²) in [6, 6.07) is 5.20. The number of benzene rings is 1. The molecular weight excluding hydrogens is 445 g/mol. The van der Waals surface area contributed by atoms with Gasteiger partial charge in [0.2, 0.25) is 5.88 Å². The third-order valence-corrected chi connectivity index (χ3v) is 5.75. The molecule has 0 fully saturated rings. The second kappa shape index (κ2) is 8.77. The number of hydrogen-bond acceptors (Lipinski definition) is 5. The molecule has 34 heavy (non-hydrogen) atoms. The Morgan fingerprint density at radius 2 is 1.88 bits per heavy atom. The van der Waals surface area contributed by atoms with Crippen molar-refractivity contribution in [2.24, 2.45) is 0 Å². The number of hydrogen-bond donors (Lipinski definition) is 0. The molecule has 3 aromatic heterocycles. The second-order valence-corrected chi connectivity index (χ2v) is 8.05. The Morgan fingerprint density at radius 1 is 1.06 bits per heavy atom. The Bertz CT molecular complexity index is 1390. The maximum Gasteiger partial charge on any atom is 0.238 e. The van der Waals surface area contributed by atoms with Crippen molar-refractivity contribution >= 4 is 12.2 Å². The highest BCUT2D eigenvalue weighted by molar-refractivity contribution is 5.65. The third-order valence-electron chi connectivity index (χ3n) is 5.75. The lowest BCUT2D eigenvalue weighted by atomic mass is 9.90. The Hall–Kier alpha value is -3.95. The fourth-order valence-corrected chi connectivity index (χ4v) is 4.14. The lowest BCUT2D eigenvalue weighted by Gasteiger charge is -2.22. The van der Waals surface area contributed by atoms with Gasteiger partial charge in [-0.05, 0) is 50.1 Å². The van der Waals surface area contributed by atoms with E-state index in [2.05, 4.69) is 20.1 Å². The largest absolute Gasteiger partial charge is 0.479 e. The summed E-state index contributed by atoms with van der Waals surface area (Å²) in [5, 5.41) is 4.48. The predicted molar refractivity (Wildman–Crippen MR) is 119 cm³/mol. The number of aryl methyl sites for hydroxylation is 2. The third kappa shape index (κ3) is 4.07. The van der Waals surface area contributed by atoms with Crippen LogP contribution in [-0.4, -0.2) is 36.4 Å². The lowest BCUT2D eigenvalue weighted by Crippen LogP contribution is -2.19. The molecule has 0 saturated heterocycles. The van der Waals surface area contributed by atoms with Crippen LogP contribution in [0.3, 0.4) is 0 Å². The van der Waals surface area contributed by atoms with Crippen LogP contribution in [0.25, 0.3) is 17.8 Å². The van der Waals surface area contributed by atoms with E-state index in [0.717, 1.165) is 23.9 Å². The first-order chi connectivity index (χ1) is 16.4. The summed E-state index contributed by atoms with van der Waals surface area (Å²) in [6.45, 7) is 2.51. The summed E-state index contributed by atoms with van der Waals surface area (Å²) < 4.78 is 50.5. The second-order valence-electron chi connectivity index (χ2n) is 8.05. The van der Waals surface area contributed by atoms with Gasteiger partial charge in [0, 0.05) is 30.3 Å². The van der Waals surface area contributed by atoms with E-state index < -0.39 is 23.4 Å². The van der Waals surface area contributed by atoms with E-state index in [1.54, 1.807) is 30.3 Å². The summed E-state index contributed by atoms with van der Waals surface area (Å²) in [5.74, 6) is -2.21. The van der Waals surface area contributed by atoms with Crippen LogP contribution in [0.5, 0.6) is 5.88 Å². The van der Waals surface area contributed by atoms with E-state index in [9.17, 15) is 13.2 Å². The number of fused-ring (bicyclic) bond motifs is 1. The first-order valence-electron chi connectivity index (χ1n) is 10.8. The average Bonchev–Trinajstić information content (AvgIpc) is 3.45. The molecule has 5 rings (SSSR count). The summed E-state index contributed by atoms with van der Waals surface area (Å²) in [4.78, 5) is 13.3. The Labute approximate surface area is 193 Å². The minimum Gasteiger partial charge on any atom is -0.479 e. The van der Waals surface area contributed by atoms with E-state index in [-0.39, 0.29) is 5.56 Å². The quantitative estimate of drug-likeness (QED) is 0.399. The van der Waals surface area contributed by atoms with Crippen molar-refractivity contribution in [3.63, 3.8) is 0 Å². The maximum absolute atomic E-state index is 14.4. The summed E-state index contributed by atoms with van der Waals surface area (Å²) >= 11 is 0. The summed E-state index contributed by atoms with van der Waals surface area (Å²) in [6.07, 6.45) is 8.30. The fraction of sp³-hybridized carbons (Fsp3) is 0.250. The normalized spacial score (nSPS) is 15.6. The molecule has 1 aliphatic rings. The van der Waals surface area contributed by atoms with E-state index in [1.807, 2.05) is 29.8 Å². The van der Waals surface area contributed by atoms with E-state index in [0.29, 0.717) is 42.3 Å². The maximum atomic E-state index is 14.4. The molecule has 0 amide bonds. The van der Waals surface area contributed by atoms with Crippen molar-refractivity contribution in [2.45, 2.75) is 32.2 Å². The number of nitrogens with zero attached hydrogens (tertiary/aromatic N) is 6. The van der Waals surface area contributed by atoms with Gasteiger partial charge >= 0.3 is 0 Å². The van der Waals surface area contributed by atoms with Gasteiger partial charge in [-0.3, -0.25) is 0 Å². The molecule has 10 heteroatoms. The monoisotopic (exact) mass is 466 g/mol. The van der Waals surface area contributed by atoms with Crippen LogP contribution in [0.2, 0.25) is 0 Å². The van der Waals surface area contributed by atoms with Crippen LogP contribution in [0.15, 0.2) is 36.8 Å². The standard InChI is InChI=1S/C24H21F3N6O/c1-14-12-32(13-28-14)21-7-5-15(29-24(21)34-2)6-8-22-30-23-16(4-3-9-33(23)31-22)17-10-19(26)20(27)11-18(17)25/h5-8,10-13,16H,3-4,9H2,1-2H3/b8-6+/t16-/m1/s1. The van der Waals surface area contributed by atoms with Gasteiger partial charge in [-0.2, -0.15) is 5.10 Å². The zero-order valence-corrected chi connectivity index (χ0v) is 18.5. The van der Waals surface area contributed by atoms with Gasteiger partial charge in [-0.1, -0.05) is 0 Å². The number of rotatable bonds is 5. The fourth-order valence-electron chi connectivity index (χ4n) is 4.14. The Balaban J connectivity index is 1.43. The Morgan fingerprint density at radius 3 is 2.65 bits per heavy atom. The molecule has 0 radical (unpaired) electrons. The summed E-state index contributed by atoms with van der Waals surface area (Å²) in [5.41, 5.74) is 2.35. The molecule has 0 bridgehead atoms. The Kier molecular flexibility index (Phi) is 5.64. The SMILES string of the molecule is COc1nc(/C=C/c2nc3n(n2)CCC[C@@H]3c2cc(F)c(F)cc2F)ccc1-n1cnc(C)c1. The van der Waals surface area contributed by atoms with Gasteiger partial charge < -0.3 is 9.30 Å². The lowest BCUT2D eigenvalue weighted by molar-refractivity contribution is 0.395. The summed E-state index contributed by atoms with van der Waals surface area (Å²) in [7, 11) is 1.55. The number of ether oxygens (including phenoxy) is 1. The minimum absolute atomic E-state index is 0.0829. The van der Waals surface area contributed by atoms with E-state index in [1.165, 1.54) is 0 Å². The molecule has 174 valence electrons. The molecule has 1 atom stereocenters. The van der Waals surface area contributed by atoms with E-state index >= 15 is 0 Å². The van der Waals surface area contributed by atoms with Crippen LogP contribution < -0.4 is 4.74 Å². The topological polar surface area (TPSA) is 70.7 Å². The van der Waals surface area contributed by atoms with Gasteiger partial charge in [-0.15, -0.1) is 0 Å². The van der Waals surface area contributed by atoms with E-state index in [4.69, 9.17) is 4.74 Å². The van der Waals surface area contributed by atoms with Crippen LogP contribution in [0.4, 0.5) is 13.2 Å². The highest BCUT2D eigenvalue weighted by atomic mass is 19.2. The van der Waals surface area contributed by atoms with Gasteiger partial charge in [0.25, 0.3) is 0 Å². The van der Waals surface area contributed by atoms with Gasteiger partial charge in [0.1, 0.15) is 17.3 Å². The van der Waals surface area contributed by atoms with Crippen LogP contribution in [-0.2, 0) is 6.54 Å². The zero-order chi connectivity index (χ0) is 23.8. The minimum atomic E-state index is -1.21. The average molecular weight is 466 g/mol. The van der Waals surface area contributed by atoms with Gasteiger partial charge in [0.05, 0.1) is 24.8 Å². The highest BCUT2D eigenvalue weighted by Crippen LogP contribution is 2.34. The molecular formula is C24H21F3N6O. The molecule has 0 unspecified atom stereocenters. The zero-order valence-electron chi connectivity index (χ0n) is 18.5. The van der Waals surface area contributed by atoms with Crippen molar-refractivity contribution in [2.75, 3.05) is 7.11 Å². The number of halogens is 3. The molecule has 1 aliphatic heterocycles. The number of imidazole rings is 1. The van der Waals surface area contributed by atoms with Gasteiger partial charge in [-0.25, -0.2) is 32.8 Å². The molecule has 0 spiro atoms. The first kappa shape index (κ1) is 21.9. The van der Waals surface area contributed by atoms with Crippen molar-refractivity contribution in [1.82, 2.24) is 29.3 Å². The number of methoxy groups -OCH3 is 1. The van der Waals surface area contributed by atoms with Crippen LogP contribution >= 0.6 is 0 Å². The molecule has 0 saturated carbocycles. The first-order valence-corrected chi connectivity index (χ1v) is 10.8. The van der Waals surface area contributed by atoms with Crippen LogP contribution in [0.1, 0.15) is 47.4 Å². The highest BCUT2D eigenvalue weighted by Gasteiger charge is 2.28. The number of aromatic nitrogens is 6. The number of pyridine rings is 1. The molecule has 1 aromatic carbocycles. The van der Waals surface area contributed by atoms with Crippen molar-refractivity contribution < 1.29 is 17.9 Å². The molecule has 0 aliphatic carbocycles. The van der Waals surface area contributed by atoms with Crippen molar-refractivity contribution in [1.29, 1.82) is 0 Å². The molecule has 4 aromatic rings. The molecule has 0 N–H and O–H groups in total. The van der Waals surface area contributed by atoms with Crippen molar-refractivity contribution in [3.05, 3.63) is 82.8 Å². The molecule has 7 nitrogen and oxygen atoms in total. The predicted octanol–water partition coefficient (Wildman–Crippen LogP) is 4.69. The molecule has 4 heterocycles. The van der Waals surface area contributed by atoms with Gasteiger partial charge in [0.15, 0.2) is 17.5 Å². The van der Waals surface area contributed by atoms with Crippen molar-refractivity contribution in [3.8, 4) is 11.6 Å². The smallest absolute Gasteiger partial charge is 0.238 e. The van der Waals surface area contributed by atoms with Crippen LogP contribution in [0, 0.1) is 24.4 Å².